The molecule has 0 amide bonds. The average molecular weight is 324 g/mol. The van der Waals surface area contributed by atoms with Gasteiger partial charge in [-0.3, -0.25) is 0 Å². The highest BCUT2D eigenvalue weighted by molar-refractivity contribution is 5.87. The highest BCUT2D eigenvalue weighted by atomic mass is 16.5. The van der Waals surface area contributed by atoms with Gasteiger partial charge in [-0.2, -0.15) is 0 Å². The minimum atomic E-state index is -0.959. The van der Waals surface area contributed by atoms with E-state index in [1.54, 1.807) is 29.8 Å². The fraction of sp³-hybridized carbons (Fsp3) is 0.263. The van der Waals surface area contributed by atoms with Gasteiger partial charge in [-0.05, 0) is 35.2 Å². The van der Waals surface area contributed by atoms with Gasteiger partial charge in [0.25, 0.3) is 0 Å². The number of imidazole rings is 1. The summed E-state index contributed by atoms with van der Waals surface area (Å²) in [5, 5.41) is 9.12. The lowest BCUT2D eigenvalue weighted by molar-refractivity contribution is 0.0696. The number of hydrogen-bond donors (Lipinski definition) is 1. The van der Waals surface area contributed by atoms with Crippen LogP contribution in [0.1, 0.15) is 36.7 Å². The molecule has 0 spiro atoms. The average Bonchev–Trinajstić information content (AvgIpc) is 2.96. The lowest BCUT2D eigenvalue weighted by Crippen LogP contribution is -2.11. The molecule has 0 saturated heterocycles. The van der Waals surface area contributed by atoms with E-state index in [-0.39, 0.29) is 11.0 Å². The van der Waals surface area contributed by atoms with Gasteiger partial charge < -0.3 is 14.2 Å². The summed E-state index contributed by atoms with van der Waals surface area (Å²) in [6.45, 7) is 6.46. The third-order valence-corrected chi connectivity index (χ3v) is 4.04. The second-order valence-corrected chi connectivity index (χ2v) is 6.78. The number of aromatic carboxylic acids is 1. The largest absolute Gasteiger partial charge is 0.496 e. The Bertz CT molecular complexity index is 920. The number of aromatic nitrogens is 2. The topological polar surface area (TPSA) is 63.8 Å². The number of fused-ring (bicyclic) bond motifs is 1. The molecule has 3 aromatic rings. The van der Waals surface area contributed by atoms with Crippen LogP contribution >= 0.6 is 0 Å². The van der Waals surface area contributed by atoms with E-state index in [9.17, 15) is 4.79 Å². The Kier molecular flexibility index (Phi) is 3.79. The van der Waals surface area contributed by atoms with Crippen LogP contribution < -0.4 is 4.74 Å². The molecule has 0 aliphatic carbocycles. The SMILES string of the molecule is COc1ccc(C(C)(C)C)cc1-c1cn2cc(C(=O)O)ccc2n1. The maximum absolute atomic E-state index is 11.1. The number of rotatable bonds is 3. The minimum Gasteiger partial charge on any atom is -0.496 e. The summed E-state index contributed by atoms with van der Waals surface area (Å²) in [6.07, 6.45) is 3.39. The first-order valence-corrected chi connectivity index (χ1v) is 7.70. The molecule has 0 unspecified atom stereocenters. The van der Waals surface area contributed by atoms with E-state index < -0.39 is 5.97 Å². The summed E-state index contributed by atoms with van der Waals surface area (Å²) in [5.41, 5.74) is 3.75. The van der Waals surface area contributed by atoms with E-state index in [1.807, 2.05) is 12.3 Å². The van der Waals surface area contributed by atoms with Crippen molar-refractivity contribution in [3.63, 3.8) is 0 Å². The van der Waals surface area contributed by atoms with Crippen LogP contribution in [0.2, 0.25) is 0 Å². The molecular weight excluding hydrogens is 304 g/mol. The summed E-state index contributed by atoms with van der Waals surface area (Å²) in [4.78, 5) is 15.7. The first-order chi connectivity index (χ1) is 11.3. The maximum Gasteiger partial charge on any atom is 0.337 e. The standard InChI is InChI=1S/C19H20N2O3/c1-19(2,3)13-6-7-16(24-4)14(9-13)15-11-21-10-12(18(22)23)5-8-17(21)20-15/h5-11H,1-4H3,(H,22,23). The van der Waals surface area contributed by atoms with Gasteiger partial charge in [0.1, 0.15) is 11.4 Å². The summed E-state index contributed by atoms with van der Waals surface area (Å²) < 4.78 is 7.21. The maximum atomic E-state index is 11.1. The molecule has 0 saturated carbocycles. The zero-order chi connectivity index (χ0) is 17.5. The van der Waals surface area contributed by atoms with E-state index in [2.05, 4.69) is 37.9 Å². The highest BCUT2D eigenvalue weighted by Gasteiger charge is 2.18. The molecule has 2 aromatic heterocycles. The Labute approximate surface area is 140 Å². The summed E-state index contributed by atoms with van der Waals surface area (Å²) in [6, 6.07) is 9.34. The van der Waals surface area contributed by atoms with Crippen molar-refractivity contribution in [3.8, 4) is 17.0 Å². The van der Waals surface area contributed by atoms with Crippen molar-refractivity contribution >= 4 is 11.6 Å². The van der Waals surface area contributed by atoms with Crippen molar-refractivity contribution in [2.45, 2.75) is 26.2 Å². The van der Waals surface area contributed by atoms with E-state index in [1.165, 1.54) is 5.56 Å². The number of benzene rings is 1. The van der Waals surface area contributed by atoms with Gasteiger partial charge in [-0.1, -0.05) is 26.8 Å². The van der Waals surface area contributed by atoms with E-state index in [4.69, 9.17) is 9.84 Å². The lowest BCUT2D eigenvalue weighted by atomic mass is 9.86. The molecule has 0 aliphatic heterocycles. The Balaban J connectivity index is 2.17. The van der Waals surface area contributed by atoms with Gasteiger partial charge in [0.2, 0.25) is 0 Å². The third kappa shape index (κ3) is 2.85. The van der Waals surface area contributed by atoms with Gasteiger partial charge in [0, 0.05) is 18.0 Å². The summed E-state index contributed by atoms with van der Waals surface area (Å²) in [5.74, 6) is -0.218. The molecule has 1 N–H and O–H groups in total. The van der Waals surface area contributed by atoms with Crippen molar-refractivity contribution in [1.82, 2.24) is 9.38 Å². The second kappa shape index (κ2) is 5.67. The molecular formula is C19H20N2O3. The van der Waals surface area contributed by atoms with Crippen molar-refractivity contribution in [3.05, 3.63) is 53.9 Å². The summed E-state index contributed by atoms with van der Waals surface area (Å²) >= 11 is 0. The molecule has 0 atom stereocenters. The normalized spacial score (nSPS) is 11.7. The van der Waals surface area contributed by atoms with E-state index >= 15 is 0 Å². The highest BCUT2D eigenvalue weighted by Crippen LogP contribution is 2.34. The predicted octanol–water partition coefficient (Wildman–Crippen LogP) is 4.01. The fourth-order valence-electron chi connectivity index (χ4n) is 2.62. The van der Waals surface area contributed by atoms with E-state index in [0.29, 0.717) is 5.65 Å². The Morgan fingerprint density at radius 3 is 2.54 bits per heavy atom. The van der Waals surface area contributed by atoms with Crippen LogP contribution in [0.4, 0.5) is 0 Å². The Morgan fingerprint density at radius 2 is 1.92 bits per heavy atom. The molecule has 0 aliphatic rings. The molecule has 124 valence electrons. The number of carboxylic acids is 1. The minimum absolute atomic E-state index is 0.0106. The molecule has 0 fully saturated rings. The third-order valence-electron chi connectivity index (χ3n) is 4.04. The van der Waals surface area contributed by atoms with Gasteiger partial charge in [0.05, 0.1) is 18.4 Å². The van der Waals surface area contributed by atoms with Gasteiger partial charge in [-0.15, -0.1) is 0 Å². The lowest BCUT2D eigenvalue weighted by Gasteiger charge is -2.20. The number of carboxylic acid groups (broad SMARTS) is 1. The number of nitrogens with zero attached hydrogens (tertiary/aromatic N) is 2. The number of methoxy groups -OCH3 is 1. The summed E-state index contributed by atoms with van der Waals surface area (Å²) in [7, 11) is 1.63. The van der Waals surface area contributed by atoms with Crippen molar-refractivity contribution < 1.29 is 14.6 Å². The predicted molar refractivity (Wildman–Crippen MR) is 92.8 cm³/mol. The van der Waals surface area contributed by atoms with Gasteiger partial charge in [0.15, 0.2) is 0 Å². The van der Waals surface area contributed by atoms with Gasteiger partial charge >= 0.3 is 5.97 Å². The molecule has 5 heteroatoms. The van der Waals surface area contributed by atoms with Crippen LogP contribution in [0.5, 0.6) is 5.75 Å². The van der Waals surface area contributed by atoms with Crippen LogP contribution in [-0.2, 0) is 5.41 Å². The molecule has 5 nitrogen and oxygen atoms in total. The fourth-order valence-corrected chi connectivity index (χ4v) is 2.62. The van der Waals surface area contributed by atoms with Crippen LogP contribution in [0.15, 0.2) is 42.7 Å². The van der Waals surface area contributed by atoms with Crippen LogP contribution in [-0.4, -0.2) is 27.6 Å². The first kappa shape index (κ1) is 16.1. The van der Waals surface area contributed by atoms with Crippen molar-refractivity contribution in [2.75, 3.05) is 7.11 Å². The monoisotopic (exact) mass is 324 g/mol. The smallest absolute Gasteiger partial charge is 0.337 e. The first-order valence-electron chi connectivity index (χ1n) is 7.70. The zero-order valence-corrected chi connectivity index (χ0v) is 14.2. The zero-order valence-electron chi connectivity index (χ0n) is 14.2. The van der Waals surface area contributed by atoms with Gasteiger partial charge in [-0.25, -0.2) is 9.78 Å². The number of carbonyl (C=O) groups is 1. The van der Waals surface area contributed by atoms with Crippen molar-refractivity contribution in [2.24, 2.45) is 0 Å². The number of pyridine rings is 1. The number of hydrogen-bond acceptors (Lipinski definition) is 3. The van der Waals surface area contributed by atoms with Crippen LogP contribution in [0, 0.1) is 0 Å². The Morgan fingerprint density at radius 1 is 1.17 bits per heavy atom. The molecule has 24 heavy (non-hydrogen) atoms. The Hall–Kier alpha value is -2.82. The molecule has 2 heterocycles. The van der Waals surface area contributed by atoms with Crippen LogP contribution in [0.25, 0.3) is 16.9 Å². The molecule has 0 bridgehead atoms. The molecule has 0 radical (unpaired) electrons. The second-order valence-electron chi connectivity index (χ2n) is 6.78. The molecule has 3 rings (SSSR count). The quantitative estimate of drug-likeness (QED) is 0.791. The van der Waals surface area contributed by atoms with E-state index in [0.717, 1.165) is 17.0 Å². The molecule has 1 aromatic carbocycles. The van der Waals surface area contributed by atoms with Crippen LogP contribution in [0.3, 0.4) is 0 Å². The van der Waals surface area contributed by atoms with Crippen molar-refractivity contribution in [1.29, 1.82) is 0 Å². The number of ether oxygens (including phenoxy) is 1.